The zero-order valence-electron chi connectivity index (χ0n) is 7.49. The number of fused-ring (bicyclic) bond motifs is 1. The summed E-state index contributed by atoms with van der Waals surface area (Å²) in [7, 11) is 0. The molecule has 0 unspecified atom stereocenters. The van der Waals surface area contributed by atoms with Crippen molar-refractivity contribution in [3.8, 4) is 0 Å². The third-order valence-corrected chi connectivity index (χ3v) is 3.29. The second-order valence-electron chi connectivity index (χ2n) is 4.11. The lowest BCUT2D eigenvalue weighted by Gasteiger charge is -2.18. The van der Waals surface area contributed by atoms with Gasteiger partial charge in [-0.25, -0.2) is 4.79 Å². The molecule has 3 fully saturated rings. The summed E-state index contributed by atoms with van der Waals surface area (Å²) in [4.78, 5) is 17.2. The predicted molar refractivity (Wildman–Crippen MR) is 43.7 cm³/mol. The summed E-state index contributed by atoms with van der Waals surface area (Å²) in [6, 6.07) is 0.464. The Morgan fingerprint density at radius 3 is 3.15 bits per heavy atom. The van der Waals surface area contributed by atoms with Crippen molar-refractivity contribution < 1.29 is 14.4 Å². The Hall–Kier alpha value is -0.610. The first-order valence-electron chi connectivity index (χ1n) is 4.93. The van der Waals surface area contributed by atoms with Crippen molar-refractivity contribution >= 4 is 5.97 Å². The minimum Gasteiger partial charge on any atom is -0.463 e. The van der Waals surface area contributed by atoms with Crippen molar-refractivity contribution in [2.75, 3.05) is 13.2 Å². The largest absolute Gasteiger partial charge is 0.463 e. The Kier molecular flexibility index (Phi) is 1.46. The average Bonchev–Trinajstić information content (AvgIpc) is 2.69. The molecule has 0 aliphatic carbocycles. The van der Waals surface area contributed by atoms with E-state index in [1.54, 1.807) is 0 Å². The number of carbonyl (C=O) groups is 1. The zero-order chi connectivity index (χ0) is 8.89. The van der Waals surface area contributed by atoms with Gasteiger partial charge in [-0.2, -0.15) is 5.06 Å². The van der Waals surface area contributed by atoms with Gasteiger partial charge in [0.15, 0.2) is 5.60 Å². The number of hydrogen-bond donors (Lipinski definition) is 0. The van der Waals surface area contributed by atoms with Crippen molar-refractivity contribution in [2.24, 2.45) is 0 Å². The molecule has 2 atom stereocenters. The smallest absolute Gasteiger partial charge is 0.340 e. The highest BCUT2D eigenvalue weighted by atomic mass is 16.7. The van der Waals surface area contributed by atoms with E-state index in [4.69, 9.17) is 9.57 Å². The van der Waals surface area contributed by atoms with Gasteiger partial charge in [-0.15, -0.1) is 0 Å². The standard InChI is InChI=1S/C9H13NO3/c11-8-9(3-5-12-8)6-7-2-1-4-10(7)13-9/h7H,1-6H2/t7-,9-/m1/s1. The summed E-state index contributed by atoms with van der Waals surface area (Å²) in [5.41, 5.74) is -0.592. The molecule has 0 saturated carbocycles. The third kappa shape index (κ3) is 0.957. The fraction of sp³-hybridized carbons (Fsp3) is 0.889. The van der Waals surface area contributed by atoms with E-state index in [0.29, 0.717) is 12.6 Å². The Morgan fingerprint density at radius 2 is 2.46 bits per heavy atom. The normalized spacial score (nSPS) is 44.3. The topological polar surface area (TPSA) is 38.8 Å². The molecule has 0 bridgehead atoms. The first-order valence-corrected chi connectivity index (χ1v) is 4.93. The number of rotatable bonds is 0. The Morgan fingerprint density at radius 1 is 1.54 bits per heavy atom. The number of hydrogen-bond acceptors (Lipinski definition) is 4. The van der Waals surface area contributed by atoms with E-state index in [2.05, 4.69) is 0 Å². The lowest BCUT2D eigenvalue weighted by Crippen LogP contribution is -2.35. The molecule has 0 amide bonds. The second kappa shape index (κ2) is 2.45. The van der Waals surface area contributed by atoms with Crippen molar-refractivity contribution in [3.05, 3.63) is 0 Å². The van der Waals surface area contributed by atoms with Gasteiger partial charge in [-0.3, -0.25) is 4.84 Å². The van der Waals surface area contributed by atoms with Crippen molar-refractivity contribution in [2.45, 2.75) is 37.3 Å². The van der Waals surface area contributed by atoms with Gasteiger partial charge in [-0.05, 0) is 12.8 Å². The van der Waals surface area contributed by atoms with Crippen molar-refractivity contribution in [1.29, 1.82) is 0 Å². The molecule has 3 heterocycles. The van der Waals surface area contributed by atoms with E-state index >= 15 is 0 Å². The summed E-state index contributed by atoms with van der Waals surface area (Å²) in [5, 5.41) is 1.98. The fourth-order valence-corrected chi connectivity index (χ4v) is 2.59. The Bertz CT molecular complexity index is 241. The molecule has 0 aromatic heterocycles. The molecule has 0 N–H and O–H groups in total. The summed E-state index contributed by atoms with van der Waals surface area (Å²) < 4.78 is 4.97. The van der Waals surface area contributed by atoms with Crippen LogP contribution in [0, 0.1) is 0 Å². The maximum absolute atomic E-state index is 11.5. The van der Waals surface area contributed by atoms with Crippen LogP contribution < -0.4 is 0 Å². The van der Waals surface area contributed by atoms with Crippen LogP contribution in [-0.2, 0) is 14.4 Å². The van der Waals surface area contributed by atoms with Crippen LogP contribution in [0.15, 0.2) is 0 Å². The minimum atomic E-state index is -0.592. The van der Waals surface area contributed by atoms with Gasteiger partial charge in [0.2, 0.25) is 0 Å². The molecule has 3 saturated heterocycles. The molecular weight excluding hydrogens is 170 g/mol. The first-order chi connectivity index (χ1) is 6.30. The van der Waals surface area contributed by atoms with Gasteiger partial charge in [0.25, 0.3) is 0 Å². The molecule has 4 heteroatoms. The molecule has 0 radical (unpaired) electrons. The van der Waals surface area contributed by atoms with Crippen LogP contribution in [0.4, 0.5) is 0 Å². The quantitative estimate of drug-likeness (QED) is 0.512. The van der Waals surface area contributed by atoms with Crippen molar-refractivity contribution in [3.63, 3.8) is 0 Å². The zero-order valence-corrected chi connectivity index (χ0v) is 7.49. The molecule has 3 rings (SSSR count). The lowest BCUT2D eigenvalue weighted by molar-refractivity contribution is -0.200. The first kappa shape index (κ1) is 7.76. The average molecular weight is 183 g/mol. The minimum absolute atomic E-state index is 0.151. The highest BCUT2D eigenvalue weighted by Gasteiger charge is 2.56. The van der Waals surface area contributed by atoms with Gasteiger partial charge >= 0.3 is 5.97 Å². The van der Waals surface area contributed by atoms with Gasteiger partial charge in [0.1, 0.15) is 0 Å². The maximum Gasteiger partial charge on any atom is 0.340 e. The number of cyclic esters (lactones) is 1. The number of carbonyl (C=O) groups excluding carboxylic acids is 1. The van der Waals surface area contributed by atoms with E-state index in [0.717, 1.165) is 25.8 Å². The van der Waals surface area contributed by atoms with E-state index in [-0.39, 0.29) is 5.97 Å². The van der Waals surface area contributed by atoms with E-state index in [1.165, 1.54) is 6.42 Å². The Balaban J connectivity index is 1.84. The molecule has 0 aromatic rings. The summed E-state index contributed by atoms with van der Waals surface area (Å²) in [6.07, 6.45) is 3.93. The maximum atomic E-state index is 11.5. The van der Waals surface area contributed by atoms with E-state index < -0.39 is 5.60 Å². The molecule has 0 aromatic carbocycles. The number of ether oxygens (including phenoxy) is 1. The SMILES string of the molecule is O=C1OCC[C@@]12C[C@H]1CCCN1O2. The van der Waals surface area contributed by atoms with Gasteiger partial charge in [-0.1, -0.05) is 0 Å². The molecule has 4 nitrogen and oxygen atoms in total. The molecule has 1 spiro atoms. The summed E-state index contributed by atoms with van der Waals surface area (Å²) in [5.74, 6) is -0.151. The fourth-order valence-electron chi connectivity index (χ4n) is 2.59. The molecule has 3 aliphatic heterocycles. The molecule has 13 heavy (non-hydrogen) atoms. The Labute approximate surface area is 76.7 Å². The molecule has 3 aliphatic rings. The number of nitrogens with zero attached hydrogens (tertiary/aromatic N) is 1. The summed E-state index contributed by atoms with van der Waals surface area (Å²) in [6.45, 7) is 1.50. The van der Waals surface area contributed by atoms with Crippen LogP contribution in [0.3, 0.4) is 0 Å². The molecular formula is C9H13NO3. The second-order valence-corrected chi connectivity index (χ2v) is 4.11. The van der Waals surface area contributed by atoms with Gasteiger partial charge < -0.3 is 4.74 Å². The highest BCUT2D eigenvalue weighted by molar-refractivity contribution is 5.81. The van der Waals surface area contributed by atoms with Crippen LogP contribution in [0.1, 0.15) is 25.7 Å². The van der Waals surface area contributed by atoms with Crippen LogP contribution in [-0.4, -0.2) is 35.8 Å². The predicted octanol–water partition coefficient (Wildman–Crippen LogP) is 0.472. The van der Waals surface area contributed by atoms with Gasteiger partial charge in [0, 0.05) is 25.4 Å². The molecule has 72 valence electrons. The van der Waals surface area contributed by atoms with E-state index in [9.17, 15) is 4.79 Å². The van der Waals surface area contributed by atoms with Crippen LogP contribution in [0.25, 0.3) is 0 Å². The lowest BCUT2D eigenvalue weighted by atomic mass is 9.94. The monoisotopic (exact) mass is 183 g/mol. The van der Waals surface area contributed by atoms with Crippen LogP contribution >= 0.6 is 0 Å². The number of esters is 1. The van der Waals surface area contributed by atoms with Crippen molar-refractivity contribution in [1.82, 2.24) is 5.06 Å². The van der Waals surface area contributed by atoms with Crippen LogP contribution in [0.2, 0.25) is 0 Å². The summed E-state index contributed by atoms with van der Waals surface area (Å²) >= 11 is 0. The number of hydroxylamine groups is 2. The van der Waals surface area contributed by atoms with Crippen LogP contribution in [0.5, 0.6) is 0 Å². The highest BCUT2D eigenvalue weighted by Crippen LogP contribution is 2.42. The third-order valence-electron chi connectivity index (χ3n) is 3.29. The van der Waals surface area contributed by atoms with Gasteiger partial charge in [0.05, 0.1) is 6.61 Å². The van der Waals surface area contributed by atoms with E-state index in [1.807, 2.05) is 5.06 Å².